The Morgan fingerprint density at radius 3 is 2.20 bits per heavy atom. The molecule has 1 rings (SSSR count). The molecule has 1 heterocycles. The Bertz CT molecular complexity index is 424. The number of carbonyl (C=O) groups excluding carboxylic acids is 1. The van der Waals surface area contributed by atoms with Gasteiger partial charge in [-0.25, -0.2) is 0 Å². The minimum Gasteiger partial charge on any atom is -0.394 e. The highest BCUT2D eigenvalue weighted by Gasteiger charge is 2.45. The third-order valence-electron chi connectivity index (χ3n) is 4.00. The van der Waals surface area contributed by atoms with Crippen molar-refractivity contribution in [2.24, 2.45) is 0 Å². The maximum Gasteiger partial charge on any atom is 0.217 e. The average molecular weight is 369 g/mol. The maximum absolute atomic E-state index is 11.1. The number of nitrogens with one attached hydrogen (secondary N) is 1. The molecule has 0 unspecified atom stereocenters. The van der Waals surface area contributed by atoms with Crippen molar-refractivity contribution in [2.75, 3.05) is 13.2 Å². The zero-order valence-corrected chi connectivity index (χ0v) is 14.0. The van der Waals surface area contributed by atoms with Crippen molar-refractivity contribution >= 4 is 5.91 Å². The van der Waals surface area contributed by atoms with Gasteiger partial charge in [-0.1, -0.05) is 0 Å². The number of ether oxygens (including phenoxy) is 2. The molecule has 11 nitrogen and oxygen atoms in total. The second kappa shape index (κ2) is 9.71. The van der Waals surface area contributed by atoms with E-state index in [1.165, 1.54) is 6.92 Å². The fourth-order valence-corrected chi connectivity index (χ4v) is 2.51. The lowest BCUT2D eigenvalue weighted by Crippen LogP contribution is -2.61. The van der Waals surface area contributed by atoms with Crippen LogP contribution in [-0.2, 0) is 14.3 Å². The lowest BCUT2D eigenvalue weighted by Gasteiger charge is -2.42. The van der Waals surface area contributed by atoms with E-state index in [1.54, 1.807) is 0 Å². The van der Waals surface area contributed by atoms with Crippen molar-refractivity contribution in [1.82, 2.24) is 5.32 Å². The molecule has 0 aromatic heterocycles. The highest BCUT2D eigenvalue weighted by molar-refractivity contribution is 5.73. The Labute approximate surface area is 144 Å². The summed E-state index contributed by atoms with van der Waals surface area (Å²) in [6.45, 7) is 1.05. The van der Waals surface area contributed by atoms with E-state index >= 15 is 0 Å². The van der Waals surface area contributed by atoms with Gasteiger partial charge < -0.3 is 50.5 Å². The van der Waals surface area contributed by atoms with Gasteiger partial charge in [0, 0.05) is 6.92 Å². The van der Waals surface area contributed by atoms with Crippen LogP contribution in [0.4, 0.5) is 0 Å². The molecule has 0 bridgehead atoms. The van der Waals surface area contributed by atoms with Crippen molar-refractivity contribution < 1.29 is 50.0 Å². The third-order valence-corrected chi connectivity index (χ3v) is 4.00. The summed E-state index contributed by atoms with van der Waals surface area (Å²) in [7, 11) is 0. The Balaban J connectivity index is 2.93. The van der Waals surface area contributed by atoms with Crippen LogP contribution >= 0.6 is 0 Å². The topological polar surface area (TPSA) is 189 Å². The quantitative estimate of drug-likeness (QED) is 0.207. The first kappa shape index (κ1) is 22.2. The summed E-state index contributed by atoms with van der Waals surface area (Å²) in [5, 5.41) is 70.3. The van der Waals surface area contributed by atoms with E-state index < -0.39 is 74.2 Å². The summed E-state index contributed by atoms with van der Waals surface area (Å²) in [5.74, 6) is -0.559. The summed E-state index contributed by atoms with van der Waals surface area (Å²) in [5.41, 5.74) is 0. The SMILES string of the molecule is CC(=O)N[C@@H](CO)[C@@H](O)[C@@H](O[C@@H]1O[C@@H](C)[C@@H](O)[C@@H](O)[C@@H]1O)[C@H](O)CO. The molecule has 11 heteroatoms. The molecule has 0 aromatic carbocycles. The molecule has 25 heavy (non-hydrogen) atoms. The lowest BCUT2D eigenvalue weighted by molar-refractivity contribution is -0.319. The van der Waals surface area contributed by atoms with Crippen LogP contribution in [0.1, 0.15) is 13.8 Å². The Morgan fingerprint density at radius 2 is 1.72 bits per heavy atom. The van der Waals surface area contributed by atoms with E-state index in [-0.39, 0.29) is 0 Å². The van der Waals surface area contributed by atoms with Gasteiger partial charge >= 0.3 is 0 Å². The van der Waals surface area contributed by atoms with Crippen molar-refractivity contribution in [3.05, 3.63) is 0 Å². The number of hydrogen-bond acceptors (Lipinski definition) is 10. The van der Waals surface area contributed by atoms with Gasteiger partial charge in [0.15, 0.2) is 6.29 Å². The number of hydrogen-bond donors (Lipinski definition) is 8. The van der Waals surface area contributed by atoms with E-state index in [0.717, 1.165) is 6.92 Å². The van der Waals surface area contributed by atoms with Crippen molar-refractivity contribution in [2.45, 2.75) is 68.9 Å². The molecule has 0 aromatic rings. The Hall–Kier alpha value is -0.890. The molecule has 0 spiro atoms. The first-order valence-corrected chi connectivity index (χ1v) is 7.84. The maximum atomic E-state index is 11.1. The van der Waals surface area contributed by atoms with Gasteiger partial charge in [0.2, 0.25) is 5.91 Å². The van der Waals surface area contributed by atoms with Gasteiger partial charge in [0.25, 0.3) is 0 Å². The van der Waals surface area contributed by atoms with Gasteiger partial charge in [-0.05, 0) is 6.92 Å². The van der Waals surface area contributed by atoms with E-state index in [0.29, 0.717) is 0 Å². The van der Waals surface area contributed by atoms with Gasteiger partial charge in [-0.15, -0.1) is 0 Å². The predicted molar refractivity (Wildman–Crippen MR) is 81.0 cm³/mol. The first-order chi connectivity index (χ1) is 11.6. The van der Waals surface area contributed by atoms with Crippen molar-refractivity contribution in [1.29, 1.82) is 0 Å². The summed E-state index contributed by atoms with van der Waals surface area (Å²) in [6.07, 6.45) is -12.0. The molecule has 148 valence electrons. The van der Waals surface area contributed by atoms with E-state index in [2.05, 4.69) is 5.32 Å². The number of aliphatic hydroxyl groups is 7. The van der Waals surface area contributed by atoms with E-state index in [4.69, 9.17) is 14.6 Å². The molecule has 0 saturated carbocycles. The predicted octanol–water partition coefficient (Wildman–Crippen LogP) is -4.59. The molecule has 1 aliphatic rings. The molecule has 1 aliphatic heterocycles. The van der Waals surface area contributed by atoms with E-state index in [1.807, 2.05) is 0 Å². The molecule has 8 N–H and O–H groups in total. The second-order valence-corrected chi connectivity index (χ2v) is 6.01. The highest BCUT2D eigenvalue weighted by atomic mass is 16.7. The van der Waals surface area contributed by atoms with Crippen LogP contribution in [0.5, 0.6) is 0 Å². The number of aliphatic hydroxyl groups excluding tert-OH is 7. The monoisotopic (exact) mass is 369 g/mol. The summed E-state index contributed by atoms with van der Waals surface area (Å²) >= 11 is 0. The van der Waals surface area contributed by atoms with Crippen LogP contribution in [0.15, 0.2) is 0 Å². The smallest absolute Gasteiger partial charge is 0.217 e. The van der Waals surface area contributed by atoms with Crippen LogP contribution in [-0.4, -0.2) is 110 Å². The Kier molecular flexibility index (Phi) is 8.60. The largest absolute Gasteiger partial charge is 0.394 e. The fraction of sp³-hybridized carbons (Fsp3) is 0.929. The minimum atomic E-state index is -1.69. The van der Waals surface area contributed by atoms with Crippen LogP contribution < -0.4 is 5.32 Å². The lowest BCUT2D eigenvalue weighted by atomic mass is 9.98. The molecule has 1 fully saturated rings. The minimum absolute atomic E-state index is 0.559. The molecule has 9 atom stereocenters. The zero-order valence-electron chi connectivity index (χ0n) is 14.0. The number of carbonyl (C=O) groups is 1. The standard InChI is InChI=1S/C14H27NO10/c1-5-9(20)11(22)12(23)14(24-5)25-13(8(19)4-17)10(21)7(3-16)15-6(2)18/h5,7-14,16-17,19-23H,3-4H2,1-2H3,(H,15,18)/t5-,7-,8+,9+,10+,11+,12-,13-,14-/m0/s1. The molecule has 0 radical (unpaired) electrons. The fourth-order valence-electron chi connectivity index (χ4n) is 2.51. The number of amides is 1. The van der Waals surface area contributed by atoms with Crippen LogP contribution in [0.3, 0.4) is 0 Å². The average Bonchev–Trinajstić information content (AvgIpc) is 2.58. The molecular formula is C14H27NO10. The second-order valence-electron chi connectivity index (χ2n) is 6.01. The summed E-state index contributed by atoms with van der Waals surface area (Å²) in [6, 6.07) is -1.22. The normalized spacial score (nSPS) is 34.8. The first-order valence-electron chi connectivity index (χ1n) is 7.84. The molecular weight excluding hydrogens is 342 g/mol. The number of rotatable bonds is 8. The zero-order chi connectivity index (χ0) is 19.3. The van der Waals surface area contributed by atoms with Crippen molar-refractivity contribution in [3.63, 3.8) is 0 Å². The van der Waals surface area contributed by atoms with Gasteiger partial charge in [-0.2, -0.15) is 0 Å². The van der Waals surface area contributed by atoms with Gasteiger partial charge in [0.1, 0.15) is 36.6 Å². The summed E-state index contributed by atoms with van der Waals surface area (Å²) in [4.78, 5) is 11.1. The third kappa shape index (κ3) is 5.54. The van der Waals surface area contributed by atoms with Crippen LogP contribution in [0.2, 0.25) is 0 Å². The molecule has 1 amide bonds. The van der Waals surface area contributed by atoms with Crippen LogP contribution in [0.25, 0.3) is 0 Å². The van der Waals surface area contributed by atoms with Crippen LogP contribution in [0, 0.1) is 0 Å². The molecule has 1 saturated heterocycles. The summed E-state index contributed by atoms with van der Waals surface area (Å²) < 4.78 is 10.5. The van der Waals surface area contributed by atoms with Crippen molar-refractivity contribution in [3.8, 4) is 0 Å². The van der Waals surface area contributed by atoms with Gasteiger partial charge in [-0.3, -0.25) is 4.79 Å². The Morgan fingerprint density at radius 1 is 1.12 bits per heavy atom. The van der Waals surface area contributed by atoms with E-state index in [9.17, 15) is 35.4 Å². The molecule has 0 aliphatic carbocycles. The highest BCUT2D eigenvalue weighted by Crippen LogP contribution is 2.24. The van der Waals surface area contributed by atoms with Gasteiger partial charge in [0.05, 0.1) is 25.4 Å².